The number of carbonyl (C=O) groups excluding carboxylic acids is 1. The van der Waals surface area contributed by atoms with E-state index in [1.807, 2.05) is 12.3 Å². The number of thioether (sulfide) groups is 1. The molecule has 8 heteroatoms. The Balaban J connectivity index is 1.95. The molecular weight excluding hydrogens is 306 g/mol. The van der Waals surface area contributed by atoms with Crippen LogP contribution in [0.15, 0.2) is 16.6 Å². The number of rotatable bonds is 5. The molecule has 6 nitrogen and oxygen atoms in total. The molecule has 0 bridgehead atoms. The largest absolute Gasteiger partial charge is 0.384 e. The molecule has 0 aliphatic heterocycles. The Kier molecular flexibility index (Phi) is 5.13. The van der Waals surface area contributed by atoms with Crippen molar-refractivity contribution in [1.82, 2.24) is 19.9 Å². The van der Waals surface area contributed by atoms with Crippen LogP contribution in [-0.2, 0) is 17.0 Å². The van der Waals surface area contributed by atoms with E-state index in [2.05, 4.69) is 15.0 Å². The van der Waals surface area contributed by atoms with Crippen molar-refractivity contribution in [3.05, 3.63) is 27.8 Å². The maximum atomic E-state index is 11.6. The third kappa shape index (κ3) is 4.68. The van der Waals surface area contributed by atoms with Crippen molar-refractivity contribution < 1.29 is 4.79 Å². The number of carbonyl (C=O) groups is 1. The molecule has 2 N–H and O–H groups in total. The molecule has 0 saturated heterocycles. The molecule has 0 aromatic carbocycles. The molecule has 112 valence electrons. The summed E-state index contributed by atoms with van der Waals surface area (Å²) in [4.78, 5) is 26.1. The summed E-state index contributed by atoms with van der Waals surface area (Å²) >= 11 is 2.99. The van der Waals surface area contributed by atoms with Crippen LogP contribution in [0.25, 0.3) is 0 Å². The van der Waals surface area contributed by atoms with Crippen LogP contribution in [0.2, 0.25) is 0 Å². The summed E-state index contributed by atoms with van der Waals surface area (Å²) < 4.78 is 0. The van der Waals surface area contributed by atoms with E-state index in [-0.39, 0.29) is 5.91 Å². The first-order chi connectivity index (χ1) is 9.94. The van der Waals surface area contributed by atoms with Crippen LogP contribution in [0.4, 0.5) is 5.82 Å². The molecule has 0 unspecified atom stereocenters. The lowest BCUT2D eigenvalue weighted by Gasteiger charge is -2.07. The van der Waals surface area contributed by atoms with E-state index >= 15 is 0 Å². The fourth-order valence-corrected chi connectivity index (χ4v) is 3.25. The molecule has 0 atom stereocenters. The van der Waals surface area contributed by atoms with Crippen LogP contribution in [0, 0.1) is 6.92 Å². The predicted octanol–water partition coefficient (Wildman–Crippen LogP) is 1.75. The van der Waals surface area contributed by atoms with Gasteiger partial charge in [-0.05, 0) is 6.92 Å². The minimum atomic E-state index is 0.0540. The fourth-order valence-electron chi connectivity index (χ4n) is 1.55. The van der Waals surface area contributed by atoms with Crippen LogP contribution in [0.5, 0.6) is 0 Å². The normalized spacial score (nSPS) is 10.6. The Morgan fingerprint density at radius 2 is 2.14 bits per heavy atom. The quantitative estimate of drug-likeness (QED) is 0.666. The highest BCUT2D eigenvalue weighted by Crippen LogP contribution is 2.22. The highest BCUT2D eigenvalue weighted by molar-refractivity contribution is 7.98. The van der Waals surface area contributed by atoms with Crippen LogP contribution in [0.3, 0.4) is 0 Å². The van der Waals surface area contributed by atoms with Crippen molar-refractivity contribution in [1.29, 1.82) is 0 Å². The lowest BCUT2D eigenvalue weighted by molar-refractivity contribution is -0.127. The van der Waals surface area contributed by atoms with Gasteiger partial charge in [-0.25, -0.2) is 15.0 Å². The third-order valence-corrected chi connectivity index (χ3v) is 4.38. The maximum absolute atomic E-state index is 11.6. The van der Waals surface area contributed by atoms with Gasteiger partial charge in [0.15, 0.2) is 5.16 Å². The number of hydrogen-bond acceptors (Lipinski definition) is 7. The van der Waals surface area contributed by atoms with Gasteiger partial charge < -0.3 is 10.6 Å². The molecule has 2 aromatic rings. The van der Waals surface area contributed by atoms with Crippen LogP contribution < -0.4 is 5.73 Å². The van der Waals surface area contributed by atoms with Crippen molar-refractivity contribution in [3.63, 3.8) is 0 Å². The fraction of sp³-hybridized carbons (Fsp3) is 0.385. The average molecular weight is 323 g/mol. The van der Waals surface area contributed by atoms with Gasteiger partial charge >= 0.3 is 0 Å². The van der Waals surface area contributed by atoms with E-state index in [1.54, 1.807) is 25.1 Å². The van der Waals surface area contributed by atoms with Gasteiger partial charge in [0, 0.05) is 37.0 Å². The number of nitrogens with two attached hydrogens (primary N) is 1. The second-order valence-corrected chi connectivity index (χ2v) is 6.59. The summed E-state index contributed by atoms with van der Waals surface area (Å²) in [6.07, 6.45) is 0.343. The number of thiazole rings is 1. The summed E-state index contributed by atoms with van der Waals surface area (Å²) in [5.74, 6) is 1.19. The van der Waals surface area contributed by atoms with Crippen molar-refractivity contribution in [2.45, 2.75) is 24.3 Å². The van der Waals surface area contributed by atoms with Crippen LogP contribution >= 0.6 is 23.1 Å². The SMILES string of the molecule is Cc1cc(N)nc(SCc2csc(CC(=O)N(C)C)n2)n1. The number of amides is 1. The van der Waals surface area contributed by atoms with Gasteiger partial charge in [0.25, 0.3) is 0 Å². The van der Waals surface area contributed by atoms with Gasteiger partial charge in [-0.3, -0.25) is 4.79 Å². The summed E-state index contributed by atoms with van der Waals surface area (Å²) in [7, 11) is 3.48. The van der Waals surface area contributed by atoms with E-state index in [4.69, 9.17) is 5.73 Å². The molecule has 21 heavy (non-hydrogen) atoms. The number of likely N-dealkylation sites (N-methyl/N-ethyl adjacent to an activating group) is 1. The number of nitrogen functional groups attached to an aromatic ring is 1. The summed E-state index contributed by atoms with van der Waals surface area (Å²) in [6.45, 7) is 1.88. The van der Waals surface area contributed by atoms with Gasteiger partial charge in [0.2, 0.25) is 5.91 Å². The van der Waals surface area contributed by atoms with Gasteiger partial charge in [-0.15, -0.1) is 11.3 Å². The lowest BCUT2D eigenvalue weighted by Crippen LogP contribution is -2.23. The summed E-state index contributed by atoms with van der Waals surface area (Å²) in [6, 6.07) is 1.73. The molecule has 2 heterocycles. The number of aromatic nitrogens is 3. The smallest absolute Gasteiger partial charge is 0.228 e. The zero-order valence-electron chi connectivity index (χ0n) is 12.2. The molecule has 2 rings (SSSR count). The lowest BCUT2D eigenvalue weighted by atomic mass is 10.4. The number of anilines is 1. The Labute approximate surface area is 131 Å². The predicted molar refractivity (Wildman–Crippen MR) is 85.3 cm³/mol. The standard InChI is InChI=1S/C13H17N5OS2/c1-8-4-10(14)17-13(15-8)21-7-9-6-20-11(16-9)5-12(19)18(2)3/h4,6H,5,7H2,1-3H3,(H2,14,15,17). The first-order valence-electron chi connectivity index (χ1n) is 6.31. The molecule has 0 aliphatic carbocycles. The van der Waals surface area contributed by atoms with Gasteiger partial charge in [-0.1, -0.05) is 11.8 Å². The van der Waals surface area contributed by atoms with Crippen LogP contribution in [-0.4, -0.2) is 39.9 Å². The van der Waals surface area contributed by atoms with E-state index in [0.29, 0.717) is 23.1 Å². The van der Waals surface area contributed by atoms with Gasteiger partial charge in [-0.2, -0.15) is 0 Å². The second kappa shape index (κ2) is 6.86. The van der Waals surface area contributed by atoms with E-state index in [9.17, 15) is 4.79 Å². The number of aryl methyl sites for hydroxylation is 1. The molecular formula is C13H17N5OS2. The number of hydrogen-bond donors (Lipinski definition) is 1. The minimum absolute atomic E-state index is 0.0540. The van der Waals surface area contributed by atoms with Crippen molar-refractivity contribution >= 4 is 34.8 Å². The highest BCUT2D eigenvalue weighted by atomic mass is 32.2. The molecule has 1 amide bonds. The topological polar surface area (TPSA) is 85.0 Å². The molecule has 0 fully saturated rings. The maximum Gasteiger partial charge on any atom is 0.228 e. The Morgan fingerprint density at radius 1 is 1.38 bits per heavy atom. The third-order valence-electron chi connectivity index (χ3n) is 2.60. The zero-order chi connectivity index (χ0) is 15.4. The highest BCUT2D eigenvalue weighted by Gasteiger charge is 2.10. The van der Waals surface area contributed by atoms with Crippen molar-refractivity contribution in [2.75, 3.05) is 19.8 Å². The number of nitrogens with zero attached hydrogens (tertiary/aromatic N) is 4. The molecule has 0 saturated carbocycles. The first-order valence-corrected chi connectivity index (χ1v) is 8.18. The second-order valence-electron chi connectivity index (χ2n) is 4.70. The van der Waals surface area contributed by atoms with Crippen molar-refractivity contribution in [2.24, 2.45) is 0 Å². The summed E-state index contributed by atoms with van der Waals surface area (Å²) in [5, 5.41) is 3.44. The first kappa shape index (κ1) is 15.7. The van der Waals surface area contributed by atoms with Crippen molar-refractivity contribution in [3.8, 4) is 0 Å². The monoisotopic (exact) mass is 323 g/mol. The van der Waals surface area contributed by atoms with E-state index in [0.717, 1.165) is 16.4 Å². The van der Waals surface area contributed by atoms with Gasteiger partial charge in [0.1, 0.15) is 10.8 Å². The average Bonchev–Trinajstić information content (AvgIpc) is 2.83. The van der Waals surface area contributed by atoms with E-state index in [1.165, 1.54) is 23.1 Å². The minimum Gasteiger partial charge on any atom is -0.384 e. The molecule has 0 aliphatic rings. The molecule has 0 radical (unpaired) electrons. The Morgan fingerprint density at radius 3 is 2.81 bits per heavy atom. The Bertz CT molecular complexity index is 621. The van der Waals surface area contributed by atoms with E-state index < -0.39 is 0 Å². The Hall–Kier alpha value is -1.67. The zero-order valence-corrected chi connectivity index (χ0v) is 13.8. The molecule has 2 aromatic heterocycles. The summed E-state index contributed by atoms with van der Waals surface area (Å²) in [5.41, 5.74) is 7.47. The molecule has 0 spiro atoms. The van der Waals surface area contributed by atoms with Crippen LogP contribution in [0.1, 0.15) is 16.4 Å². The van der Waals surface area contributed by atoms with Gasteiger partial charge in [0.05, 0.1) is 12.1 Å².